The van der Waals surface area contributed by atoms with Gasteiger partial charge in [0.25, 0.3) is 5.91 Å². The summed E-state index contributed by atoms with van der Waals surface area (Å²) in [5.74, 6) is 0.217. The van der Waals surface area contributed by atoms with Crippen LogP contribution in [0.25, 0.3) is 11.1 Å². The number of ether oxygens (including phenoxy) is 2. The zero-order valence-electron chi connectivity index (χ0n) is 10.4. The lowest BCUT2D eigenvalue weighted by molar-refractivity contribution is -0.120. The van der Waals surface area contributed by atoms with Crippen LogP contribution in [-0.2, 0) is 4.79 Å². The lowest BCUT2D eigenvalue weighted by atomic mass is 10.1. The van der Waals surface area contributed by atoms with E-state index in [9.17, 15) is 4.79 Å². The summed E-state index contributed by atoms with van der Waals surface area (Å²) in [5.41, 5.74) is 6.76. The van der Waals surface area contributed by atoms with Gasteiger partial charge in [-0.15, -0.1) is 0 Å². The first-order valence-corrected chi connectivity index (χ1v) is 5.56. The van der Waals surface area contributed by atoms with Gasteiger partial charge in [0.2, 0.25) is 0 Å². The van der Waals surface area contributed by atoms with Crippen LogP contribution in [0.1, 0.15) is 0 Å². The Morgan fingerprint density at radius 3 is 2.32 bits per heavy atom. The van der Waals surface area contributed by atoms with Crippen molar-refractivity contribution in [3.8, 4) is 22.9 Å². The van der Waals surface area contributed by atoms with Crippen molar-refractivity contribution < 1.29 is 14.3 Å². The van der Waals surface area contributed by atoms with Gasteiger partial charge >= 0.3 is 6.01 Å². The first-order valence-electron chi connectivity index (χ1n) is 5.56. The zero-order chi connectivity index (χ0) is 13.7. The van der Waals surface area contributed by atoms with E-state index in [0.29, 0.717) is 0 Å². The van der Waals surface area contributed by atoms with Gasteiger partial charge in [0.1, 0.15) is 5.75 Å². The molecule has 1 heterocycles. The molecule has 2 aromatic rings. The van der Waals surface area contributed by atoms with Crippen LogP contribution in [0.5, 0.6) is 11.8 Å². The van der Waals surface area contributed by atoms with Crippen molar-refractivity contribution in [2.24, 2.45) is 5.73 Å². The Labute approximate surface area is 110 Å². The Morgan fingerprint density at radius 2 is 1.79 bits per heavy atom. The molecule has 1 amide bonds. The molecule has 6 nitrogen and oxygen atoms in total. The summed E-state index contributed by atoms with van der Waals surface area (Å²) in [4.78, 5) is 18.5. The van der Waals surface area contributed by atoms with Gasteiger partial charge in [-0.3, -0.25) is 4.79 Å². The van der Waals surface area contributed by atoms with Crippen molar-refractivity contribution in [1.82, 2.24) is 9.97 Å². The van der Waals surface area contributed by atoms with Crippen molar-refractivity contribution in [1.29, 1.82) is 0 Å². The van der Waals surface area contributed by atoms with Crippen LogP contribution >= 0.6 is 0 Å². The van der Waals surface area contributed by atoms with Gasteiger partial charge in [-0.05, 0) is 17.7 Å². The summed E-state index contributed by atoms with van der Waals surface area (Å²) in [7, 11) is 1.61. The normalized spacial score (nSPS) is 9.95. The average Bonchev–Trinajstić information content (AvgIpc) is 2.46. The van der Waals surface area contributed by atoms with Crippen LogP contribution in [0.15, 0.2) is 36.7 Å². The van der Waals surface area contributed by atoms with Crippen LogP contribution in [0.3, 0.4) is 0 Å². The topological polar surface area (TPSA) is 87.3 Å². The fourth-order valence-corrected chi connectivity index (χ4v) is 1.46. The number of primary amides is 1. The SMILES string of the molecule is COc1ccc(-c2cnc(OCC(N)=O)nc2)cc1. The smallest absolute Gasteiger partial charge is 0.316 e. The van der Waals surface area contributed by atoms with Crippen LogP contribution in [-0.4, -0.2) is 29.6 Å². The van der Waals surface area contributed by atoms with Crippen LogP contribution in [0, 0.1) is 0 Å². The molecular formula is C13H13N3O3. The summed E-state index contributed by atoms with van der Waals surface area (Å²) < 4.78 is 10.1. The lowest BCUT2D eigenvalue weighted by Gasteiger charge is -2.04. The van der Waals surface area contributed by atoms with E-state index in [2.05, 4.69) is 9.97 Å². The fraction of sp³-hybridized carbons (Fsp3) is 0.154. The van der Waals surface area contributed by atoms with Crippen LogP contribution < -0.4 is 15.2 Å². The number of methoxy groups -OCH3 is 1. The highest BCUT2D eigenvalue weighted by atomic mass is 16.5. The number of nitrogens with two attached hydrogens (primary N) is 1. The third-order valence-corrected chi connectivity index (χ3v) is 2.40. The number of nitrogens with zero attached hydrogens (tertiary/aromatic N) is 2. The number of carbonyl (C=O) groups excluding carboxylic acids is 1. The number of benzene rings is 1. The zero-order valence-corrected chi connectivity index (χ0v) is 10.4. The molecule has 98 valence electrons. The van der Waals surface area contributed by atoms with E-state index in [-0.39, 0.29) is 12.6 Å². The molecular weight excluding hydrogens is 246 g/mol. The molecule has 0 atom stereocenters. The number of hydrogen-bond donors (Lipinski definition) is 1. The van der Waals surface area contributed by atoms with Gasteiger partial charge < -0.3 is 15.2 Å². The van der Waals surface area contributed by atoms with Crippen molar-refractivity contribution >= 4 is 5.91 Å². The van der Waals surface area contributed by atoms with E-state index in [1.165, 1.54) is 0 Å². The molecule has 0 radical (unpaired) electrons. The third kappa shape index (κ3) is 3.41. The monoisotopic (exact) mass is 259 g/mol. The van der Waals surface area contributed by atoms with Crippen LogP contribution in [0.2, 0.25) is 0 Å². The predicted octanol–water partition coefficient (Wildman–Crippen LogP) is 1.02. The number of amides is 1. The summed E-state index contributed by atoms with van der Waals surface area (Å²) in [6.07, 6.45) is 3.23. The quantitative estimate of drug-likeness (QED) is 0.866. The average molecular weight is 259 g/mol. The second kappa shape index (κ2) is 5.81. The van der Waals surface area contributed by atoms with E-state index >= 15 is 0 Å². The molecule has 6 heteroatoms. The molecule has 2 rings (SSSR count). The van der Waals surface area contributed by atoms with Gasteiger partial charge in [-0.25, -0.2) is 9.97 Å². The van der Waals surface area contributed by atoms with Gasteiger partial charge in [-0.2, -0.15) is 0 Å². The molecule has 0 saturated carbocycles. The maximum Gasteiger partial charge on any atom is 0.316 e. The van der Waals surface area contributed by atoms with E-state index in [0.717, 1.165) is 16.9 Å². The highest BCUT2D eigenvalue weighted by molar-refractivity contribution is 5.75. The highest BCUT2D eigenvalue weighted by Crippen LogP contribution is 2.21. The second-order valence-electron chi connectivity index (χ2n) is 3.74. The van der Waals surface area contributed by atoms with Gasteiger partial charge in [0, 0.05) is 18.0 Å². The van der Waals surface area contributed by atoms with E-state index in [1.807, 2.05) is 24.3 Å². The molecule has 0 aliphatic carbocycles. The Balaban J connectivity index is 2.10. The van der Waals surface area contributed by atoms with Gasteiger partial charge in [-0.1, -0.05) is 12.1 Å². The number of aromatic nitrogens is 2. The molecule has 0 aliphatic heterocycles. The highest BCUT2D eigenvalue weighted by Gasteiger charge is 2.03. The standard InChI is InChI=1S/C13H13N3O3/c1-18-11-4-2-9(3-5-11)10-6-15-13(16-7-10)19-8-12(14)17/h2-7H,8H2,1H3,(H2,14,17). The first kappa shape index (κ1) is 12.8. The number of hydrogen-bond acceptors (Lipinski definition) is 5. The van der Waals surface area contributed by atoms with Crippen molar-refractivity contribution in [3.05, 3.63) is 36.7 Å². The van der Waals surface area contributed by atoms with Gasteiger partial charge in [0.15, 0.2) is 6.61 Å². The number of carbonyl (C=O) groups is 1. The van der Waals surface area contributed by atoms with Crippen molar-refractivity contribution in [3.63, 3.8) is 0 Å². The molecule has 1 aromatic heterocycles. The Bertz CT molecular complexity index is 552. The van der Waals surface area contributed by atoms with Gasteiger partial charge in [0.05, 0.1) is 7.11 Å². The van der Waals surface area contributed by atoms with E-state index in [1.54, 1.807) is 19.5 Å². The maximum absolute atomic E-state index is 10.6. The maximum atomic E-state index is 10.6. The third-order valence-electron chi connectivity index (χ3n) is 2.40. The minimum Gasteiger partial charge on any atom is -0.497 e. The Morgan fingerprint density at radius 1 is 1.16 bits per heavy atom. The fourth-order valence-electron chi connectivity index (χ4n) is 1.46. The molecule has 2 N–H and O–H groups in total. The molecule has 0 fully saturated rings. The van der Waals surface area contributed by atoms with Crippen molar-refractivity contribution in [2.75, 3.05) is 13.7 Å². The lowest BCUT2D eigenvalue weighted by Crippen LogP contribution is -2.20. The second-order valence-corrected chi connectivity index (χ2v) is 3.74. The largest absolute Gasteiger partial charge is 0.497 e. The molecule has 0 aliphatic rings. The molecule has 1 aromatic carbocycles. The molecule has 0 saturated heterocycles. The predicted molar refractivity (Wildman–Crippen MR) is 68.7 cm³/mol. The Hall–Kier alpha value is -2.63. The van der Waals surface area contributed by atoms with E-state index < -0.39 is 5.91 Å². The molecule has 0 spiro atoms. The summed E-state index contributed by atoms with van der Waals surface area (Å²) in [6.45, 7) is -0.234. The van der Waals surface area contributed by atoms with Crippen LogP contribution in [0.4, 0.5) is 0 Å². The minimum atomic E-state index is -0.567. The summed E-state index contributed by atoms with van der Waals surface area (Å²) in [5, 5.41) is 0. The minimum absolute atomic E-state index is 0.121. The number of rotatable bonds is 5. The Kier molecular flexibility index (Phi) is 3.92. The summed E-state index contributed by atoms with van der Waals surface area (Å²) >= 11 is 0. The molecule has 0 unspecified atom stereocenters. The molecule has 0 bridgehead atoms. The van der Waals surface area contributed by atoms with Crippen molar-refractivity contribution in [2.45, 2.75) is 0 Å². The first-order chi connectivity index (χ1) is 9.19. The van der Waals surface area contributed by atoms with E-state index in [4.69, 9.17) is 15.2 Å². The molecule has 19 heavy (non-hydrogen) atoms. The summed E-state index contributed by atoms with van der Waals surface area (Å²) in [6, 6.07) is 7.64.